The van der Waals surface area contributed by atoms with Crippen molar-refractivity contribution in [2.75, 3.05) is 33.3 Å². The number of nitrogens with zero attached hydrogens (tertiary/aromatic N) is 2. The standard InChI is InChI=1S/C24H25ClN2O4/c1-31-19-7-3-2-6-18(19)21-20(22(28)16-8-10-17(25)11-9-16)23(29)24(30)27(21)15-14-26-12-4-5-13-26/h2-3,6-11,21,28H,4-5,12-15H2,1H3/b22-20+. The SMILES string of the molecule is COc1ccccc1C1/C(=C(\O)c2ccc(Cl)cc2)C(=O)C(=O)N1CCN1CCCC1. The second-order valence-electron chi connectivity index (χ2n) is 7.79. The molecule has 7 heteroatoms. The van der Waals surface area contributed by atoms with E-state index in [-0.39, 0.29) is 11.3 Å². The second kappa shape index (κ2) is 9.12. The summed E-state index contributed by atoms with van der Waals surface area (Å²) in [5, 5.41) is 11.6. The molecular formula is C24H25ClN2O4. The molecule has 31 heavy (non-hydrogen) atoms. The number of amides is 1. The fourth-order valence-electron chi connectivity index (χ4n) is 4.34. The molecule has 0 radical (unpaired) electrons. The Bertz CT molecular complexity index is 1010. The Morgan fingerprint density at radius 1 is 1.06 bits per heavy atom. The summed E-state index contributed by atoms with van der Waals surface area (Å²) in [6.07, 6.45) is 2.29. The number of ketones is 1. The fraction of sp³-hybridized carbons (Fsp3) is 0.333. The largest absolute Gasteiger partial charge is 0.507 e. The van der Waals surface area contributed by atoms with Crippen LogP contribution in [0, 0.1) is 0 Å². The topological polar surface area (TPSA) is 70.1 Å². The third-order valence-electron chi connectivity index (χ3n) is 5.95. The number of para-hydroxylation sites is 1. The van der Waals surface area contributed by atoms with Gasteiger partial charge in [-0.05, 0) is 56.3 Å². The number of aliphatic hydroxyl groups excluding tert-OH is 1. The smallest absolute Gasteiger partial charge is 0.295 e. The quantitative estimate of drug-likeness (QED) is 0.419. The van der Waals surface area contributed by atoms with Gasteiger partial charge in [0, 0.05) is 29.2 Å². The van der Waals surface area contributed by atoms with Crippen molar-refractivity contribution >= 4 is 29.1 Å². The summed E-state index contributed by atoms with van der Waals surface area (Å²) < 4.78 is 5.52. The van der Waals surface area contributed by atoms with Crippen LogP contribution in [0.4, 0.5) is 0 Å². The fourth-order valence-corrected chi connectivity index (χ4v) is 4.47. The maximum atomic E-state index is 13.1. The van der Waals surface area contributed by atoms with Crippen molar-refractivity contribution in [1.82, 2.24) is 9.80 Å². The Hall–Kier alpha value is -2.83. The minimum atomic E-state index is -0.727. The first kappa shape index (κ1) is 21.4. The number of hydrogen-bond donors (Lipinski definition) is 1. The van der Waals surface area contributed by atoms with E-state index in [1.54, 1.807) is 42.3 Å². The molecule has 2 heterocycles. The summed E-state index contributed by atoms with van der Waals surface area (Å²) in [6, 6.07) is 13.1. The van der Waals surface area contributed by atoms with Crippen molar-refractivity contribution in [2.24, 2.45) is 0 Å². The molecule has 1 N–H and O–H groups in total. The summed E-state index contributed by atoms with van der Waals surface area (Å²) in [5.74, 6) is -0.951. The molecule has 162 valence electrons. The van der Waals surface area contributed by atoms with Gasteiger partial charge >= 0.3 is 0 Å². The first-order valence-corrected chi connectivity index (χ1v) is 10.8. The number of benzene rings is 2. The zero-order valence-electron chi connectivity index (χ0n) is 17.4. The predicted molar refractivity (Wildman–Crippen MR) is 119 cm³/mol. The lowest BCUT2D eigenvalue weighted by atomic mass is 9.94. The van der Waals surface area contributed by atoms with E-state index in [2.05, 4.69) is 4.90 Å². The number of likely N-dealkylation sites (tertiary alicyclic amines) is 2. The van der Waals surface area contributed by atoms with Crippen molar-refractivity contribution in [1.29, 1.82) is 0 Å². The van der Waals surface area contributed by atoms with Crippen LogP contribution in [0.1, 0.15) is 30.0 Å². The maximum absolute atomic E-state index is 13.1. The summed E-state index contributed by atoms with van der Waals surface area (Å²) in [5.41, 5.74) is 1.17. The molecule has 2 aromatic rings. The van der Waals surface area contributed by atoms with Gasteiger partial charge in [-0.15, -0.1) is 0 Å². The van der Waals surface area contributed by atoms with E-state index in [9.17, 15) is 14.7 Å². The van der Waals surface area contributed by atoms with Crippen LogP contribution in [0.25, 0.3) is 5.76 Å². The third kappa shape index (κ3) is 4.18. The number of ether oxygens (including phenoxy) is 1. The van der Waals surface area contributed by atoms with Gasteiger partial charge in [0.2, 0.25) is 0 Å². The summed E-state index contributed by atoms with van der Waals surface area (Å²) in [6.45, 7) is 3.06. The van der Waals surface area contributed by atoms with Gasteiger partial charge in [-0.3, -0.25) is 9.59 Å². The van der Waals surface area contributed by atoms with E-state index in [0.29, 0.717) is 35.0 Å². The molecule has 1 amide bonds. The van der Waals surface area contributed by atoms with E-state index in [1.165, 1.54) is 0 Å². The van der Waals surface area contributed by atoms with Crippen LogP contribution in [0.2, 0.25) is 5.02 Å². The molecule has 2 fully saturated rings. The van der Waals surface area contributed by atoms with Crippen molar-refractivity contribution in [3.63, 3.8) is 0 Å². The normalized spacial score (nSPS) is 21.1. The molecule has 0 bridgehead atoms. The van der Waals surface area contributed by atoms with E-state index < -0.39 is 17.7 Å². The Balaban J connectivity index is 1.79. The molecular weight excluding hydrogens is 416 g/mol. The second-order valence-corrected chi connectivity index (χ2v) is 8.23. The average Bonchev–Trinajstić information content (AvgIpc) is 3.39. The van der Waals surface area contributed by atoms with Crippen molar-refractivity contribution in [2.45, 2.75) is 18.9 Å². The highest BCUT2D eigenvalue weighted by molar-refractivity contribution is 6.46. The molecule has 0 spiro atoms. The van der Waals surface area contributed by atoms with Crippen molar-refractivity contribution in [3.8, 4) is 5.75 Å². The molecule has 1 unspecified atom stereocenters. The number of halogens is 1. The lowest BCUT2D eigenvalue weighted by Gasteiger charge is -2.28. The van der Waals surface area contributed by atoms with E-state index >= 15 is 0 Å². The number of carbonyl (C=O) groups is 2. The molecule has 2 aliphatic rings. The lowest BCUT2D eigenvalue weighted by Crippen LogP contribution is -2.37. The molecule has 0 aromatic heterocycles. The van der Waals surface area contributed by atoms with Gasteiger partial charge in [0.05, 0.1) is 18.7 Å². The van der Waals surface area contributed by atoms with Crippen LogP contribution in [0.3, 0.4) is 0 Å². The molecule has 1 atom stereocenters. The number of carbonyl (C=O) groups excluding carboxylic acids is 2. The predicted octanol–water partition coefficient (Wildman–Crippen LogP) is 3.87. The van der Waals surface area contributed by atoms with Crippen molar-refractivity contribution in [3.05, 3.63) is 70.3 Å². The van der Waals surface area contributed by atoms with Crippen LogP contribution in [0.15, 0.2) is 54.1 Å². The van der Waals surface area contributed by atoms with Crippen LogP contribution in [0.5, 0.6) is 5.75 Å². The molecule has 2 aliphatic heterocycles. The Morgan fingerprint density at radius 3 is 2.42 bits per heavy atom. The number of rotatable bonds is 6. The summed E-state index contributed by atoms with van der Waals surface area (Å²) in [7, 11) is 1.55. The minimum absolute atomic E-state index is 0.0678. The number of hydrogen-bond acceptors (Lipinski definition) is 5. The van der Waals surface area contributed by atoms with Gasteiger partial charge in [0.15, 0.2) is 0 Å². The monoisotopic (exact) mass is 440 g/mol. The Labute approximate surface area is 186 Å². The Kier molecular flexibility index (Phi) is 6.30. The first-order valence-electron chi connectivity index (χ1n) is 10.4. The van der Waals surface area contributed by atoms with Gasteiger partial charge in [-0.1, -0.05) is 29.8 Å². The molecule has 0 saturated carbocycles. The molecule has 6 nitrogen and oxygen atoms in total. The highest BCUT2D eigenvalue weighted by atomic mass is 35.5. The lowest BCUT2D eigenvalue weighted by molar-refractivity contribution is -0.140. The van der Waals surface area contributed by atoms with Crippen LogP contribution < -0.4 is 4.74 Å². The number of aliphatic hydroxyl groups is 1. The van der Waals surface area contributed by atoms with Gasteiger partial charge in [0.25, 0.3) is 11.7 Å². The minimum Gasteiger partial charge on any atom is -0.507 e. The van der Waals surface area contributed by atoms with E-state index in [1.807, 2.05) is 18.2 Å². The van der Waals surface area contributed by atoms with Gasteiger partial charge in [-0.2, -0.15) is 0 Å². The van der Waals surface area contributed by atoms with E-state index in [0.717, 1.165) is 25.9 Å². The number of methoxy groups -OCH3 is 1. The first-order chi connectivity index (χ1) is 15.0. The zero-order valence-corrected chi connectivity index (χ0v) is 18.1. The van der Waals surface area contributed by atoms with Crippen molar-refractivity contribution < 1.29 is 19.4 Å². The Morgan fingerprint density at radius 2 is 1.74 bits per heavy atom. The highest BCUT2D eigenvalue weighted by Crippen LogP contribution is 2.42. The van der Waals surface area contributed by atoms with Crippen LogP contribution >= 0.6 is 11.6 Å². The van der Waals surface area contributed by atoms with Gasteiger partial charge in [0.1, 0.15) is 11.5 Å². The number of Topliss-reactive ketones (excluding diaryl/α,β-unsaturated/α-hetero) is 1. The molecule has 2 aromatic carbocycles. The zero-order chi connectivity index (χ0) is 22.0. The summed E-state index contributed by atoms with van der Waals surface area (Å²) >= 11 is 5.97. The molecule has 2 saturated heterocycles. The van der Waals surface area contributed by atoms with Crippen LogP contribution in [-0.2, 0) is 9.59 Å². The van der Waals surface area contributed by atoms with Gasteiger partial charge in [-0.25, -0.2) is 0 Å². The molecule has 4 rings (SSSR count). The maximum Gasteiger partial charge on any atom is 0.295 e. The average molecular weight is 441 g/mol. The highest BCUT2D eigenvalue weighted by Gasteiger charge is 2.47. The molecule has 0 aliphatic carbocycles. The van der Waals surface area contributed by atoms with Crippen LogP contribution in [-0.4, -0.2) is 59.9 Å². The van der Waals surface area contributed by atoms with Gasteiger partial charge < -0.3 is 19.6 Å². The van der Waals surface area contributed by atoms with E-state index in [4.69, 9.17) is 16.3 Å². The summed E-state index contributed by atoms with van der Waals surface area (Å²) in [4.78, 5) is 30.0. The third-order valence-corrected chi connectivity index (χ3v) is 6.20.